The zero-order chi connectivity index (χ0) is 31.1. The van der Waals surface area contributed by atoms with Crippen molar-refractivity contribution in [3.63, 3.8) is 0 Å². The highest BCUT2D eigenvalue weighted by molar-refractivity contribution is 5.19. The van der Waals surface area contributed by atoms with Crippen LogP contribution >= 0.6 is 0 Å². The normalized spacial score (nSPS) is 55.6. The van der Waals surface area contributed by atoms with Gasteiger partial charge in [-0.3, -0.25) is 0 Å². The van der Waals surface area contributed by atoms with Crippen molar-refractivity contribution in [1.29, 1.82) is 0 Å². The van der Waals surface area contributed by atoms with Crippen molar-refractivity contribution in [2.24, 2.45) is 93.2 Å². The Hall–Kier alpha value is -0.120. The number of rotatable bonds is 5. The first-order valence-electron chi connectivity index (χ1n) is 18.5. The predicted octanol–water partition coefficient (Wildman–Crippen LogP) is 8.84. The monoisotopic (exact) mass is 587 g/mol. The van der Waals surface area contributed by atoms with E-state index in [0.717, 1.165) is 36.5 Å². The molecule has 5 saturated carbocycles. The molecular weight excluding hydrogens is 516 g/mol. The molecule has 0 aromatic rings. The molecule has 0 aliphatic heterocycles. The van der Waals surface area contributed by atoms with Gasteiger partial charge < -0.3 is 15.3 Å². The molecule has 0 spiro atoms. The number of hydrogen-bond acceptors (Lipinski definition) is 3. The van der Waals surface area contributed by atoms with Crippen LogP contribution in [0.3, 0.4) is 0 Å². The van der Waals surface area contributed by atoms with Gasteiger partial charge in [-0.2, -0.15) is 0 Å². The highest BCUT2D eigenvalue weighted by Crippen LogP contribution is 2.73. The first kappa shape index (κ1) is 33.2. The van der Waals surface area contributed by atoms with Gasteiger partial charge in [-0.25, -0.2) is 0 Å². The highest BCUT2D eigenvalue weighted by atomic mass is 16.3. The molecule has 0 bridgehead atoms. The first-order valence-corrected chi connectivity index (χ1v) is 18.5. The van der Waals surface area contributed by atoms with Gasteiger partial charge in [-0.15, -0.1) is 0 Å². The third kappa shape index (κ3) is 5.09. The number of aliphatic hydroxyl groups excluding tert-OH is 3. The molecule has 5 aliphatic rings. The van der Waals surface area contributed by atoms with E-state index in [0.29, 0.717) is 35.5 Å². The summed E-state index contributed by atoms with van der Waals surface area (Å²) in [6.07, 6.45) is 10.4. The van der Waals surface area contributed by atoms with Gasteiger partial charge in [-0.05, 0) is 134 Å². The quantitative estimate of drug-likeness (QED) is 0.302. The van der Waals surface area contributed by atoms with Crippen LogP contribution in [0.1, 0.15) is 134 Å². The average molecular weight is 587 g/mol. The van der Waals surface area contributed by atoms with E-state index in [9.17, 15) is 15.3 Å². The third-order valence-electron chi connectivity index (χ3n) is 15.8. The van der Waals surface area contributed by atoms with E-state index in [-0.39, 0.29) is 40.1 Å². The van der Waals surface area contributed by atoms with Crippen molar-refractivity contribution in [2.45, 2.75) is 152 Å². The highest BCUT2D eigenvalue weighted by Gasteiger charge is 2.70. The summed E-state index contributed by atoms with van der Waals surface area (Å²) in [5, 5.41) is 35.6. The van der Waals surface area contributed by atoms with Crippen LogP contribution in [-0.2, 0) is 0 Å². The minimum Gasteiger partial charge on any atom is -0.393 e. The van der Waals surface area contributed by atoms with Crippen LogP contribution in [0.25, 0.3) is 0 Å². The lowest BCUT2D eigenvalue weighted by molar-refractivity contribution is -0.282. The lowest BCUT2D eigenvalue weighted by atomic mass is 9.33. The summed E-state index contributed by atoms with van der Waals surface area (Å²) in [5.74, 6) is 6.76. The third-order valence-corrected chi connectivity index (χ3v) is 15.8. The molecule has 3 heteroatoms. The number of aliphatic hydroxyl groups is 3. The SMILES string of the molecule is CC(C)CC1CCC(C2CC(C(C)C)C3CC4(C)CC5(C)CC(C)C(C(C)O)C(O)C5(C)C(C)C4C(O)C3C2C)CC1. The summed E-state index contributed by atoms with van der Waals surface area (Å²) in [5.41, 5.74) is -0.234. The number of fused-ring (bicyclic) bond motifs is 3. The lowest BCUT2D eigenvalue weighted by Gasteiger charge is -2.72. The van der Waals surface area contributed by atoms with E-state index in [2.05, 4.69) is 69.2 Å². The summed E-state index contributed by atoms with van der Waals surface area (Å²) in [4.78, 5) is 0. The molecule has 3 N–H and O–H groups in total. The maximum atomic E-state index is 12.7. The minimum absolute atomic E-state index is 0.000777. The molecule has 5 aliphatic carbocycles. The van der Waals surface area contributed by atoms with Crippen LogP contribution < -0.4 is 0 Å². The van der Waals surface area contributed by atoms with Gasteiger partial charge in [-0.1, -0.05) is 82.1 Å². The molecular formula is C39H70O3. The fraction of sp³-hybridized carbons (Fsp3) is 1.00. The summed E-state index contributed by atoms with van der Waals surface area (Å²) >= 11 is 0. The van der Waals surface area contributed by atoms with Crippen LogP contribution in [-0.4, -0.2) is 33.6 Å². The van der Waals surface area contributed by atoms with Crippen LogP contribution in [0.15, 0.2) is 0 Å². The largest absolute Gasteiger partial charge is 0.393 e. The van der Waals surface area contributed by atoms with Gasteiger partial charge >= 0.3 is 0 Å². The molecule has 5 fully saturated rings. The van der Waals surface area contributed by atoms with E-state index in [4.69, 9.17) is 0 Å². The Labute approximate surface area is 260 Å². The molecule has 244 valence electrons. The van der Waals surface area contributed by atoms with E-state index >= 15 is 0 Å². The molecule has 0 radical (unpaired) electrons. The van der Waals surface area contributed by atoms with Crippen molar-refractivity contribution in [3.8, 4) is 0 Å². The molecule has 42 heavy (non-hydrogen) atoms. The van der Waals surface area contributed by atoms with Gasteiger partial charge in [0, 0.05) is 11.3 Å². The zero-order valence-electron chi connectivity index (χ0n) is 29.4. The Bertz CT molecular complexity index is 936. The first-order chi connectivity index (χ1) is 19.5. The molecule has 0 aromatic heterocycles. The standard InChI is InChI=1S/C39H70O3/c1-21(2)16-27-12-14-28(15-13-27)30-17-29(22(3)4)31-19-37(9)20-38(10)18-23(5)32(26(8)40)36(42)39(38,11)25(7)34(37)35(41)33(31)24(30)6/h21-36,40-42H,12-20H2,1-11H3. The van der Waals surface area contributed by atoms with Gasteiger partial charge in [0.1, 0.15) is 0 Å². The summed E-state index contributed by atoms with van der Waals surface area (Å²) in [6, 6.07) is 0. The second-order valence-corrected chi connectivity index (χ2v) is 18.9. The van der Waals surface area contributed by atoms with E-state index in [1.165, 1.54) is 44.9 Å². The molecule has 0 amide bonds. The van der Waals surface area contributed by atoms with E-state index in [1.807, 2.05) is 6.92 Å². The van der Waals surface area contributed by atoms with Crippen molar-refractivity contribution in [3.05, 3.63) is 0 Å². The molecule has 3 nitrogen and oxygen atoms in total. The summed E-state index contributed by atoms with van der Waals surface area (Å²) < 4.78 is 0. The maximum absolute atomic E-state index is 12.7. The van der Waals surface area contributed by atoms with Gasteiger partial charge in [0.25, 0.3) is 0 Å². The molecule has 5 rings (SSSR count). The zero-order valence-corrected chi connectivity index (χ0v) is 29.4. The predicted molar refractivity (Wildman–Crippen MR) is 175 cm³/mol. The Morgan fingerprint density at radius 1 is 0.833 bits per heavy atom. The molecule has 0 heterocycles. The van der Waals surface area contributed by atoms with Crippen molar-refractivity contribution in [2.75, 3.05) is 0 Å². The van der Waals surface area contributed by atoms with E-state index in [1.54, 1.807) is 0 Å². The fourth-order valence-corrected chi connectivity index (χ4v) is 14.1. The van der Waals surface area contributed by atoms with E-state index < -0.39 is 12.2 Å². The lowest BCUT2D eigenvalue weighted by Crippen LogP contribution is -2.70. The Kier molecular flexibility index (Phi) is 9.18. The molecule has 0 saturated heterocycles. The van der Waals surface area contributed by atoms with Crippen LogP contribution in [0, 0.1) is 93.2 Å². The van der Waals surface area contributed by atoms with Crippen LogP contribution in [0.4, 0.5) is 0 Å². The summed E-state index contributed by atoms with van der Waals surface area (Å²) in [7, 11) is 0. The van der Waals surface area contributed by atoms with Gasteiger partial charge in [0.05, 0.1) is 18.3 Å². The second kappa shape index (κ2) is 11.6. The topological polar surface area (TPSA) is 60.7 Å². The second-order valence-electron chi connectivity index (χ2n) is 18.9. The number of hydrogen-bond donors (Lipinski definition) is 3. The summed E-state index contributed by atoms with van der Waals surface area (Å²) in [6.45, 7) is 26.1. The molecule has 15 unspecified atom stereocenters. The average Bonchev–Trinajstić information content (AvgIpc) is 2.86. The minimum atomic E-state index is -0.545. The Morgan fingerprint density at radius 2 is 1.45 bits per heavy atom. The van der Waals surface area contributed by atoms with Crippen molar-refractivity contribution >= 4 is 0 Å². The Balaban J connectivity index is 1.46. The van der Waals surface area contributed by atoms with Crippen molar-refractivity contribution < 1.29 is 15.3 Å². The fourth-order valence-electron chi connectivity index (χ4n) is 14.1. The Morgan fingerprint density at radius 3 is 2.00 bits per heavy atom. The smallest absolute Gasteiger partial charge is 0.0656 e. The van der Waals surface area contributed by atoms with Gasteiger partial charge in [0.15, 0.2) is 0 Å². The van der Waals surface area contributed by atoms with Crippen LogP contribution in [0.5, 0.6) is 0 Å². The van der Waals surface area contributed by atoms with Gasteiger partial charge in [0.2, 0.25) is 0 Å². The molecule has 0 aromatic carbocycles. The molecule has 15 atom stereocenters. The maximum Gasteiger partial charge on any atom is 0.0656 e. The van der Waals surface area contributed by atoms with Crippen LogP contribution in [0.2, 0.25) is 0 Å². The van der Waals surface area contributed by atoms with Crippen molar-refractivity contribution in [1.82, 2.24) is 0 Å².